The number of carboxylic acids is 1. The van der Waals surface area contributed by atoms with E-state index >= 15 is 0 Å². The lowest BCUT2D eigenvalue weighted by Crippen LogP contribution is -2.49. The highest BCUT2D eigenvalue weighted by Crippen LogP contribution is 2.17. The van der Waals surface area contributed by atoms with Crippen molar-refractivity contribution in [3.8, 4) is 0 Å². The Bertz CT molecular complexity index is 413. The minimum absolute atomic E-state index is 0.00957. The third kappa shape index (κ3) is 4.71. The Kier molecular flexibility index (Phi) is 5.58. The fourth-order valence-corrected chi connectivity index (χ4v) is 2.61. The number of hydrogen-bond donors (Lipinski definition) is 3. The molecule has 1 heterocycles. The van der Waals surface area contributed by atoms with Crippen LogP contribution in [0.3, 0.4) is 0 Å². The lowest BCUT2D eigenvalue weighted by Gasteiger charge is -2.32. The Balaban J connectivity index is 1.66. The SMILES string of the molecule is CCN1CCOC(CNC(=O)NC2C=CC(C(=O)O)C2)C1. The number of rotatable bonds is 5. The van der Waals surface area contributed by atoms with Crippen LogP contribution in [0, 0.1) is 5.92 Å². The van der Waals surface area contributed by atoms with Gasteiger partial charge in [0.1, 0.15) is 0 Å². The molecule has 0 saturated carbocycles. The molecular weight excluding hydrogens is 274 g/mol. The van der Waals surface area contributed by atoms with Crippen molar-refractivity contribution < 1.29 is 19.4 Å². The molecular formula is C14H23N3O4. The van der Waals surface area contributed by atoms with Gasteiger partial charge in [0.25, 0.3) is 0 Å². The summed E-state index contributed by atoms with van der Waals surface area (Å²) < 4.78 is 5.60. The molecule has 3 atom stereocenters. The Morgan fingerprint density at radius 3 is 2.90 bits per heavy atom. The zero-order valence-electron chi connectivity index (χ0n) is 12.2. The standard InChI is InChI=1S/C14H23N3O4/c1-2-17-5-6-21-12(9-17)8-15-14(20)16-11-4-3-10(7-11)13(18)19/h3-4,10-12H,2,5-9H2,1H3,(H,18,19)(H2,15,16,20). The number of morpholine rings is 1. The van der Waals surface area contributed by atoms with E-state index in [1.54, 1.807) is 12.2 Å². The summed E-state index contributed by atoms with van der Waals surface area (Å²) in [5.74, 6) is -1.36. The summed E-state index contributed by atoms with van der Waals surface area (Å²) in [5, 5.41) is 14.4. The highest BCUT2D eigenvalue weighted by Gasteiger charge is 2.26. The highest BCUT2D eigenvalue weighted by atomic mass is 16.5. The number of amides is 2. The molecule has 7 heteroatoms. The second-order valence-electron chi connectivity index (χ2n) is 5.41. The normalized spacial score (nSPS) is 29.3. The van der Waals surface area contributed by atoms with Crippen LogP contribution in [0.1, 0.15) is 13.3 Å². The van der Waals surface area contributed by atoms with Gasteiger partial charge in [-0.1, -0.05) is 19.1 Å². The minimum atomic E-state index is -0.855. The van der Waals surface area contributed by atoms with Gasteiger partial charge in [-0.15, -0.1) is 0 Å². The Hall–Kier alpha value is -1.60. The fraction of sp³-hybridized carbons (Fsp3) is 0.714. The average Bonchev–Trinajstić information content (AvgIpc) is 2.94. The summed E-state index contributed by atoms with van der Waals surface area (Å²) in [7, 11) is 0. The number of carboxylic acid groups (broad SMARTS) is 1. The maximum atomic E-state index is 11.8. The summed E-state index contributed by atoms with van der Waals surface area (Å²) in [4.78, 5) is 24.9. The number of likely N-dealkylation sites (N-methyl/N-ethyl adjacent to an activating group) is 1. The number of carbonyl (C=O) groups excluding carboxylic acids is 1. The van der Waals surface area contributed by atoms with Gasteiger partial charge >= 0.3 is 12.0 Å². The van der Waals surface area contributed by atoms with Crippen LogP contribution in [0.4, 0.5) is 4.79 Å². The summed E-state index contributed by atoms with van der Waals surface area (Å²) in [6.45, 7) is 5.99. The minimum Gasteiger partial charge on any atom is -0.481 e. The van der Waals surface area contributed by atoms with E-state index in [1.165, 1.54) is 0 Å². The van der Waals surface area contributed by atoms with Gasteiger partial charge in [-0.2, -0.15) is 0 Å². The number of nitrogens with zero attached hydrogens (tertiary/aromatic N) is 1. The average molecular weight is 297 g/mol. The lowest BCUT2D eigenvalue weighted by molar-refractivity contribution is -0.140. The van der Waals surface area contributed by atoms with Gasteiger partial charge in [-0.05, 0) is 13.0 Å². The van der Waals surface area contributed by atoms with E-state index in [-0.39, 0.29) is 18.2 Å². The van der Waals surface area contributed by atoms with Crippen molar-refractivity contribution in [1.82, 2.24) is 15.5 Å². The van der Waals surface area contributed by atoms with Gasteiger partial charge in [0.15, 0.2) is 0 Å². The predicted molar refractivity (Wildman–Crippen MR) is 77.1 cm³/mol. The number of carbonyl (C=O) groups is 2. The number of aliphatic carboxylic acids is 1. The molecule has 1 fully saturated rings. The molecule has 3 N–H and O–H groups in total. The van der Waals surface area contributed by atoms with Crippen molar-refractivity contribution in [2.45, 2.75) is 25.5 Å². The van der Waals surface area contributed by atoms with Crippen molar-refractivity contribution in [1.29, 1.82) is 0 Å². The molecule has 21 heavy (non-hydrogen) atoms. The molecule has 2 rings (SSSR count). The molecule has 0 spiro atoms. The molecule has 0 aromatic heterocycles. The van der Waals surface area contributed by atoms with E-state index in [4.69, 9.17) is 9.84 Å². The monoisotopic (exact) mass is 297 g/mol. The molecule has 0 aromatic carbocycles. The van der Waals surface area contributed by atoms with E-state index in [9.17, 15) is 9.59 Å². The molecule has 1 aliphatic heterocycles. The molecule has 2 amide bonds. The molecule has 3 unspecified atom stereocenters. The summed E-state index contributed by atoms with van der Waals surface area (Å²) in [6.07, 6.45) is 3.77. The van der Waals surface area contributed by atoms with Crippen molar-refractivity contribution in [2.75, 3.05) is 32.8 Å². The highest BCUT2D eigenvalue weighted by molar-refractivity contribution is 5.76. The number of ether oxygens (including phenoxy) is 1. The largest absolute Gasteiger partial charge is 0.481 e. The van der Waals surface area contributed by atoms with Crippen LogP contribution in [0.25, 0.3) is 0 Å². The Labute approximate surface area is 124 Å². The van der Waals surface area contributed by atoms with Gasteiger partial charge in [-0.3, -0.25) is 9.69 Å². The van der Waals surface area contributed by atoms with Crippen LogP contribution in [-0.2, 0) is 9.53 Å². The number of hydrogen-bond acceptors (Lipinski definition) is 4. The molecule has 0 aromatic rings. The van der Waals surface area contributed by atoms with Crippen molar-refractivity contribution in [2.24, 2.45) is 5.92 Å². The van der Waals surface area contributed by atoms with E-state index in [2.05, 4.69) is 22.5 Å². The second-order valence-corrected chi connectivity index (χ2v) is 5.41. The van der Waals surface area contributed by atoms with Crippen LogP contribution < -0.4 is 10.6 Å². The molecule has 1 saturated heterocycles. The lowest BCUT2D eigenvalue weighted by atomic mass is 10.1. The smallest absolute Gasteiger partial charge is 0.315 e. The van der Waals surface area contributed by atoms with Crippen molar-refractivity contribution in [3.63, 3.8) is 0 Å². The topological polar surface area (TPSA) is 90.9 Å². The first-order valence-corrected chi connectivity index (χ1v) is 7.38. The first-order chi connectivity index (χ1) is 10.1. The maximum Gasteiger partial charge on any atom is 0.315 e. The van der Waals surface area contributed by atoms with Crippen LogP contribution in [0.5, 0.6) is 0 Å². The van der Waals surface area contributed by atoms with Crippen LogP contribution >= 0.6 is 0 Å². The molecule has 0 bridgehead atoms. The van der Waals surface area contributed by atoms with Gasteiger partial charge < -0.3 is 20.5 Å². The van der Waals surface area contributed by atoms with E-state index in [0.717, 1.165) is 19.6 Å². The number of urea groups is 1. The predicted octanol–water partition coefficient (Wildman–Crippen LogP) is 0.0356. The summed E-state index contributed by atoms with van der Waals surface area (Å²) in [6, 6.07) is -0.501. The molecule has 1 aliphatic carbocycles. The molecule has 2 aliphatic rings. The zero-order chi connectivity index (χ0) is 15.2. The van der Waals surface area contributed by atoms with Crippen LogP contribution in [-0.4, -0.2) is 66.9 Å². The molecule has 118 valence electrons. The first kappa shape index (κ1) is 15.8. The Morgan fingerprint density at radius 2 is 2.24 bits per heavy atom. The quantitative estimate of drug-likeness (QED) is 0.623. The third-order valence-corrected chi connectivity index (χ3v) is 3.88. The van der Waals surface area contributed by atoms with Gasteiger partial charge in [0.2, 0.25) is 0 Å². The fourth-order valence-electron chi connectivity index (χ4n) is 2.61. The van der Waals surface area contributed by atoms with E-state index in [0.29, 0.717) is 19.6 Å². The first-order valence-electron chi connectivity index (χ1n) is 7.38. The van der Waals surface area contributed by atoms with Crippen molar-refractivity contribution >= 4 is 12.0 Å². The van der Waals surface area contributed by atoms with Crippen molar-refractivity contribution in [3.05, 3.63) is 12.2 Å². The Morgan fingerprint density at radius 1 is 1.43 bits per heavy atom. The van der Waals surface area contributed by atoms with E-state index in [1.807, 2.05) is 0 Å². The van der Waals surface area contributed by atoms with E-state index < -0.39 is 11.9 Å². The van der Waals surface area contributed by atoms with Crippen LogP contribution in [0.2, 0.25) is 0 Å². The summed E-state index contributed by atoms with van der Waals surface area (Å²) >= 11 is 0. The maximum absolute atomic E-state index is 11.8. The second kappa shape index (κ2) is 7.42. The van der Waals surface area contributed by atoms with Gasteiger partial charge in [0.05, 0.1) is 24.7 Å². The number of nitrogens with one attached hydrogen (secondary N) is 2. The summed E-state index contributed by atoms with van der Waals surface area (Å²) in [5.41, 5.74) is 0. The molecule has 0 radical (unpaired) electrons. The van der Waals surface area contributed by atoms with Gasteiger partial charge in [0, 0.05) is 19.6 Å². The molecule has 7 nitrogen and oxygen atoms in total. The van der Waals surface area contributed by atoms with Crippen LogP contribution in [0.15, 0.2) is 12.2 Å². The third-order valence-electron chi connectivity index (χ3n) is 3.88. The van der Waals surface area contributed by atoms with Gasteiger partial charge in [-0.25, -0.2) is 4.79 Å². The zero-order valence-corrected chi connectivity index (χ0v) is 12.2.